The lowest BCUT2D eigenvalue weighted by Crippen LogP contribution is -2.50. The molecule has 0 bridgehead atoms. The molecule has 0 aliphatic carbocycles. The third kappa shape index (κ3) is 7.18. The Morgan fingerprint density at radius 3 is 2.43 bits per heavy atom. The number of urea groups is 1. The lowest BCUT2D eigenvalue weighted by Gasteiger charge is -2.37. The molecule has 8 nitrogen and oxygen atoms in total. The predicted octanol–water partition coefficient (Wildman–Crippen LogP) is 4.90. The zero-order valence-corrected chi connectivity index (χ0v) is 22.7. The normalized spacial score (nSPS) is 13.5. The summed E-state index contributed by atoms with van der Waals surface area (Å²) in [4.78, 5) is 30.7. The molecule has 0 atom stereocenters. The number of methoxy groups -OCH3 is 2. The van der Waals surface area contributed by atoms with Gasteiger partial charge in [-0.05, 0) is 35.8 Å². The Bertz CT molecular complexity index is 1110. The number of carbonyl (C=O) groups excluding carboxylic acids is 2. The van der Waals surface area contributed by atoms with Crippen molar-refractivity contribution in [1.82, 2.24) is 9.80 Å². The molecule has 0 N–H and O–H groups in total. The van der Waals surface area contributed by atoms with Crippen molar-refractivity contribution >= 4 is 17.6 Å². The highest BCUT2D eigenvalue weighted by Crippen LogP contribution is 2.34. The van der Waals surface area contributed by atoms with Crippen molar-refractivity contribution in [3.05, 3.63) is 59.7 Å². The van der Waals surface area contributed by atoms with E-state index in [0.717, 1.165) is 41.6 Å². The van der Waals surface area contributed by atoms with Crippen molar-refractivity contribution in [3.63, 3.8) is 0 Å². The molecule has 2 aromatic carbocycles. The molecular weight excluding hydrogens is 470 g/mol. The number of rotatable bonds is 12. The largest absolute Gasteiger partial charge is 0.496 e. The highest BCUT2D eigenvalue weighted by Gasteiger charge is 2.30. The average Bonchev–Trinajstić information content (AvgIpc) is 2.89. The number of hydrogen-bond donors (Lipinski definition) is 0. The van der Waals surface area contributed by atoms with Gasteiger partial charge in [-0.2, -0.15) is 0 Å². The van der Waals surface area contributed by atoms with E-state index in [-0.39, 0.29) is 18.4 Å². The number of likely N-dealkylation sites (N-methyl/N-ethyl adjacent to an activating group) is 1. The van der Waals surface area contributed by atoms with Crippen molar-refractivity contribution in [2.24, 2.45) is 0 Å². The summed E-state index contributed by atoms with van der Waals surface area (Å²) < 4.78 is 17.1. The third-order valence-corrected chi connectivity index (χ3v) is 6.33. The van der Waals surface area contributed by atoms with Crippen LogP contribution in [0.4, 0.5) is 10.5 Å². The standard InChI is InChI=1S/C29H39N3O5/c1-7-8-9-14-37-27-17-24(12-13-25(27)35-5)32-19-21(2)18-31(29(32)34)20-23-11-10-22(15-26(23)36-6)16-28(33)30(3)4/h10-13,15,17H,2,7-9,14,16,18-20H2,1,3-6H3. The van der Waals surface area contributed by atoms with Gasteiger partial charge in [-0.25, -0.2) is 4.79 Å². The molecule has 1 aliphatic heterocycles. The molecule has 2 aromatic rings. The minimum absolute atomic E-state index is 0.0150. The van der Waals surface area contributed by atoms with E-state index < -0.39 is 0 Å². The van der Waals surface area contributed by atoms with Crippen LogP contribution in [0.25, 0.3) is 0 Å². The summed E-state index contributed by atoms with van der Waals surface area (Å²) in [6, 6.07) is 11.1. The van der Waals surface area contributed by atoms with Crippen LogP contribution >= 0.6 is 0 Å². The molecule has 1 aliphatic rings. The molecule has 3 rings (SSSR count). The maximum absolute atomic E-state index is 13.6. The van der Waals surface area contributed by atoms with E-state index in [2.05, 4.69) is 13.5 Å². The fourth-order valence-corrected chi connectivity index (χ4v) is 4.22. The zero-order chi connectivity index (χ0) is 26.9. The summed E-state index contributed by atoms with van der Waals surface area (Å²) in [5, 5.41) is 0. The summed E-state index contributed by atoms with van der Waals surface area (Å²) in [5.41, 5.74) is 3.38. The Kier molecular flexibility index (Phi) is 9.83. The highest BCUT2D eigenvalue weighted by atomic mass is 16.5. The highest BCUT2D eigenvalue weighted by molar-refractivity contribution is 5.94. The van der Waals surface area contributed by atoms with Gasteiger partial charge in [-0.15, -0.1) is 0 Å². The molecule has 3 amide bonds. The SMILES string of the molecule is C=C1CN(Cc2ccc(CC(=O)N(C)C)cc2OC)C(=O)N(c2ccc(OC)c(OCCCCC)c2)C1. The van der Waals surface area contributed by atoms with Crippen LogP contribution in [0.3, 0.4) is 0 Å². The van der Waals surface area contributed by atoms with Crippen LogP contribution in [0.5, 0.6) is 17.2 Å². The van der Waals surface area contributed by atoms with Crippen molar-refractivity contribution in [2.45, 2.75) is 39.2 Å². The lowest BCUT2D eigenvalue weighted by molar-refractivity contribution is -0.127. The van der Waals surface area contributed by atoms with E-state index in [9.17, 15) is 9.59 Å². The number of anilines is 1. The summed E-state index contributed by atoms with van der Waals surface area (Å²) in [6.45, 7) is 8.17. The number of amides is 3. The van der Waals surface area contributed by atoms with Crippen molar-refractivity contribution < 1.29 is 23.8 Å². The van der Waals surface area contributed by atoms with Gasteiger partial charge < -0.3 is 24.0 Å². The second-order valence-electron chi connectivity index (χ2n) is 9.48. The topological polar surface area (TPSA) is 71.6 Å². The summed E-state index contributed by atoms with van der Waals surface area (Å²) in [7, 11) is 6.68. The van der Waals surface area contributed by atoms with Crippen molar-refractivity contribution in [1.29, 1.82) is 0 Å². The number of carbonyl (C=O) groups is 2. The molecule has 1 heterocycles. The van der Waals surface area contributed by atoms with Crippen LogP contribution in [0.2, 0.25) is 0 Å². The summed E-state index contributed by atoms with van der Waals surface area (Å²) in [6.07, 6.45) is 3.46. The number of hydrogen-bond acceptors (Lipinski definition) is 5. The summed E-state index contributed by atoms with van der Waals surface area (Å²) in [5.74, 6) is 1.92. The van der Waals surface area contributed by atoms with Gasteiger partial charge in [0, 0.05) is 38.0 Å². The molecule has 1 fully saturated rings. The Morgan fingerprint density at radius 1 is 1.00 bits per heavy atom. The van der Waals surface area contributed by atoms with Gasteiger partial charge >= 0.3 is 6.03 Å². The molecule has 0 saturated carbocycles. The quantitative estimate of drug-likeness (QED) is 0.301. The first kappa shape index (κ1) is 27.9. The number of benzene rings is 2. The maximum atomic E-state index is 13.6. The number of nitrogens with zero attached hydrogens (tertiary/aromatic N) is 3. The molecule has 200 valence electrons. The Morgan fingerprint density at radius 2 is 1.76 bits per heavy atom. The van der Waals surface area contributed by atoms with Crippen LogP contribution in [0.15, 0.2) is 48.6 Å². The number of ether oxygens (including phenoxy) is 3. The van der Waals surface area contributed by atoms with Gasteiger partial charge in [0.15, 0.2) is 11.5 Å². The van der Waals surface area contributed by atoms with Crippen LogP contribution in [0.1, 0.15) is 37.3 Å². The number of unbranched alkanes of at least 4 members (excludes halogenated alkanes) is 2. The van der Waals surface area contributed by atoms with Crippen LogP contribution in [-0.4, -0.2) is 69.7 Å². The Hall–Kier alpha value is -3.68. The second-order valence-corrected chi connectivity index (χ2v) is 9.48. The Balaban J connectivity index is 1.79. The monoisotopic (exact) mass is 509 g/mol. The van der Waals surface area contributed by atoms with E-state index in [1.165, 1.54) is 0 Å². The Labute approximate surface area is 220 Å². The average molecular weight is 510 g/mol. The molecule has 8 heteroatoms. The molecule has 1 saturated heterocycles. The van der Waals surface area contributed by atoms with Gasteiger partial charge in [0.1, 0.15) is 5.75 Å². The zero-order valence-electron chi connectivity index (χ0n) is 22.7. The van der Waals surface area contributed by atoms with E-state index in [0.29, 0.717) is 43.5 Å². The smallest absolute Gasteiger partial charge is 0.325 e. The van der Waals surface area contributed by atoms with E-state index in [4.69, 9.17) is 14.2 Å². The van der Waals surface area contributed by atoms with Gasteiger partial charge in [0.05, 0.1) is 40.3 Å². The van der Waals surface area contributed by atoms with Crippen molar-refractivity contribution in [3.8, 4) is 17.2 Å². The van der Waals surface area contributed by atoms with E-state index in [1.54, 1.807) is 43.0 Å². The van der Waals surface area contributed by atoms with Gasteiger partial charge in [-0.1, -0.05) is 38.5 Å². The van der Waals surface area contributed by atoms with Gasteiger partial charge in [0.25, 0.3) is 0 Å². The lowest BCUT2D eigenvalue weighted by atomic mass is 10.1. The molecular formula is C29H39N3O5. The minimum Gasteiger partial charge on any atom is -0.496 e. The fourth-order valence-electron chi connectivity index (χ4n) is 4.22. The van der Waals surface area contributed by atoms with E-state index in [1.807, 2.05) is 36.4 Å². The van der Waals surface area contributed by atoms with Gasteiger partial charge in [-0.3, -0.25) is 9.69 Å². The molecule has 0 radical (unpaired) electrons. The van der Waals surface area contributed by atoms with Crippen molar-refractivity contribution in [2.75, 3.05) is 52.9 Å². The molecule has 0 aromatic heterocycles. The maximum Gasteiger partial charge on any atom is 0.325 e. The first-order valence-corrected chi connectivity index (χ1v) is 12.7. The second kappa shape index (κ2) is 13.0. The third-order valence-electron chi connectivity index (χ3n) is 6.33. The molecule has 37 heavy (non-hydrogen) atoms. The molecule has 0 spiro atoms. The van der Waals surface area contributed by atoms with Gasteiger partial charge in [0.2, 0.25) is 5.91 Å². The first-order valence-electron chi connectivity index (χ1n) is 12.7. The molecule has 0 unspecified atom stereocenters. The first-order chi connectivity index (χ1) is 17.8. The predicted molar refractivity (Wildman–Crippen MR) is 146 cm³/mol. The van der Waals surface area contributed by atoms with E-state index >= 15 is 0 Å². The van der Waals surface area contributed by atoms with Crippen LogP contribution in [-0.2, 0) is 17.8 Å². The summed E-state index contributed by atoms with van der Waals surface area (Å²) >= 11 is 0. The van der Waals surface area contributed by atoms with Crippen LogP contribution in [0, 0.1) is 0 Å². The fraction of sp³-hybridized carbons (Fsp3) is 0.448. The van der Waals surface area contributed by atoms with Crippen LogP contribution < -0.4 is 19.1 Å². The minimum atomic E-state index is -0.122.